The van der Waals surface area contributed by atoms with E-state index in [1.165, 1.54) is 0 Å². The fraction of sp³-hybridized carbons (Fsp3) is 0.409. The van der Waals surface area contributed by atoms with Gasteiger partial charge in [0.05, 0.1) is 64.6 Å². The summed E-state index contributed by atoms with van der Waals surface area (Å²) in [6, 6.07) is 9.83. The molecule has 0 saturated carbocycles. The van der Waals surface area contributed by atoms with Crippen LogP contribution in [-0.2, 0) is 32.0 Å². The second-order valence-corrected chi connectivity index (χ2v) is 16.6. The topological polar surface area (TPSA) is 152 Å². The van der Waals surface area contributed by atoms with Crippen molar-refractivity contribution in [1.29, 1.82) is 0 Å². The van der Waals surface area contributed by atoms with Crippen LogP contribution in [0.25, 0.3) is 33.2 Å². The minimum atomic E-state index is -0.910. The lowest BCUT2D eigenvalue weighted by Crippen LogP contribution is -2.44. The maximum atomic E-state index is 13.3. The van der Waals surface area contributed by atoms with Gasteiger partial charge in [-0.05, 0) is 63.3 Å². The van der Waals surface area contributed by atoms with Crippen LogP contribution < -0.4 is 14.4 Å². The number of anilines is 2. The Labute approximate surface area is 357 Å². The van der Waals surface area contributed by atoms with Crippen molar-refractivity contribution in [3.05, 3.63) is 95.0 Å². The van der Waals surface area contributed by atoms with Crippen molar-refractivity contribution < 1.29 is 33.8 Å². The maximum absolute atomic E-state index is 13.3. The second kappa shape index (κ2) is 17.4. The number of benzene rings is 2. The van der Waals surface area contributed by atoms with E-state index in [0.29, 0.717) is 66.1 Å². The molecule has 0 spiro atoms. The second-order valence-electron chi connectivity index (χ2n) is 15.8. The molecule has 2 saturated heterocycles. The normalized spacial score (nSPS) is 19.3. The van der Waals surface area contributed by atoms with E-state index in [1.807, 2.05) is 64.1 Å². The molecule has 314 valence electrons. The summed E-state index contributed by atoms with van der Waals surface area (Å²) in [5.41, 5.74) is 4.99. The van der Waals surface area contributed by atoms with Crippen LogP contribution in [0.3, 0.4) is 0 Å². The molecule has 2 aromatic carbocycles. The summed E-state index contributed by atoms with van der Waals surface area (Å²) in [5, 5.41) is 24.2. The minimum Gasteiger partial charge on any atom is -0.464 e. The molecule has 6 heterocycles. The fourth-order valence-electron chi connectivity index (χ4n) is 8.31. The van der Waals surface area contributed by atoms with E-state index in [2.05, 4.69) is 28.6 Å². The molecule has 8 rings (SSSR count). The van der Waals surface area contributed by atoms with Crippen LogP contribution in [0.1, 0.15) is 57.6 Å². The predicted molar refractivity (Wildman–Crippen MR) is 229 cm³/mol. The summed E-state index contributed by atoms with van der Waals surface area (Å²) in [6.45, 7) is 9.40. The molecule has 6 aromatic rings. The van der Waals surface area contributed by atoms with Crippen LogP contribution in [-0.4, -0.2) is 96.3 Å². The van der Waals surface area contributed by atoms with Gasteiger partial charge in [-0.25, -0.2) is 33.7 Å². The molecule has 2 aliphatic rings. The number of halogens is 2. The van der Waals surface area contributed by atoms with Crippen molar-refractivity contribution in [1.82, 2.24) is 24.1 Å². The van der Waals surface area contributed by atoms with Crippen molar-refractivity contribution in [3.63, 3.8) is 0 Å². The molecule has 2 N–H and O–H groups in total. The molecule has 2 fully saturated rings. The minimum absolute atomic E-state index is 0.285. The van der Waals surface area contributed by atoms with Crippen molar-refractivity contribution in [2.75, 3.05) is 29.5 Å². The average molecular weight is 857 g/mol. The molecular formula is C44H49Cl2N8O6+. The highest BCUT2D eigenvalue weighted by Crippen LogP contribution is 2.37. The number of rotatable bonds is 13. The Morgan fingerprint density at radius 2 is 1.55 bits per heavy atom. The van der Waals surface area contributed by atoms with E-state index in [1.54, 1.807) is 37.3 Å². The van der Waals surface area contributed by atoms with Crippen LogP contribution in [0.2, 0.25) is 10.0 Å². The number of carbonyl (C=O) groups excluding carboxylic acids is 2. The van der Waals surface area contributed by atoms with Gasteiger partial charge in [0.1, 0.15) is 29.7 Å². The molecule has 4 aromatic heterocycles. The van der Waals surface area contributed by atoms with E-state index in [9.17, 15) is 19.8 Å². The van der Waals surface area contributed by atoms with Crippen molar-refractivity contribution in [2.45, 2.75) is 96.7 Å². The number of nitrogens with zero attached hydrogens (tertiary/aromatic N) is 8. The van der Waals surface area contributed by atoms with Gasteiger partial charge in [0.25, 0.3) is 0 Å². The van der Waals surface area contributed by atoms with Crippen molar-refractivity contribution >= 4 is 68.6 Å². The molecule has 14 nitrogen and oxygen atoms in total. The summed E-state index contributed by atoms with van der Waals surface area (Å²) < 4.78 is 17.1. The SMILES string of the molecule is CCCCOC(=O)[C@@H]1[C@@H](O)CCN1c1cc(-n2cc[n+](CCc3c(C)ccc4c(-n5ccnc5)cc(N5CC[C@H](O)[C@H]5C(=O)OC(C)C)nc34)c2)c2ccc(Cl)c(Cl)c2n1. The molecular weight excluding hydrogens is 807 g/mol. The zero-order valence-corrected chi connectivity index (χ0v) is 35.6. The number of aliphatic hydroxyl groups excluding tert-OH is 2. The lowest BCUT2D eigenvalue weighted by Gasteiger charge is -2.27. The number of carbonyl (C=O) groups is 2. The molecule has 4 atom stereocenters. The van der Waals surface area contributed by atoms with E-state index in [4.69, 9.17) is 42.6 Å². The third-order valence-electron chi connectivity index (χ3n) is 11.4. The van der Waals surface area contributed by atoms with Gasteiger partial charge in [-0.2, -0.15) is 0 Å². The number of fused-ring (bicyclic) bond motifs is 2. The highest BCUT2D eigenvalue weighted by Gasteiger charge is 2.42. The largest absolute Gasteiger partial charge is 0.464 e. The van der Waals surface area contributed by atoms with Crippen LogP contribution in [0.15, 0.2) is 73.8 Å². The number of aliphatic hydroxyl groups is 2. The number of hydrogen-bond acceptors (Lipinski definition) is 11. The first-order valence-corrected chi connectivity index (χ1v) is 21.2. The standard InChI is InChI=1S/C44H49Cl2N8O6/c1-5-6-21-59-43(57)41-34(55)12-16-53(41)37-23-33(30-9-10-31(45)38(46)40(30)49-37)52-20-19-50(25-52)15-11-28-27(4)7-8-29-32(51-18-14-47-24-51)22-36(48-39(28)29)54-17-13-35(56)42(54)44(58)60-26(2)3/h7-10,14,18-20,22-26,34-35,41-42,55-56H,5-6,11-13,15-17,21H2,1-4H3/q+1/t34-,35-,41-,42-/m0/s1. The van der Waals surface area contributed by atoms with Gasteiger partial charge in [-0.1, -0.05) is 48.7 Å². The van der Waals surface area contributed by atoms with E-state index in [-0.39, 0.29) is 12.7 Å². The number of unbranched alkanes of at least 4 members (excludes halogenated alkanes) is 1. The third-order valence-corrected chi connectivity index (χ3v) is 12.2. The Morgan fingerprint density at radius 1 is 0.900 bits per heavy atom. The number of imidazole rings is 2. The maximum Gasteiger partial charge on any atom is 0.331 e. The van der Waals surface area contributed by atoms with Crippen LogP contribution >= 0.6 is 23.2 Å². The van der Waals surface area contributed by atoms with Gasteiger partial charge in [0.2, 0.25) is 6.33 Å². The number of ether oxygens (including phenoxy) is 2. The lowest BCUT2D eigenvalue weighted by molar-refractivity contribution is -0.695. The lowest BCUT2D eigenvalue weighted by atomic mass is 10.00. The van der Waals surface area contributed by atoms with E-state index < -0.39 is 36.2 Å². The van der Waals surface area contributed by atoms with E-state index >= 15 is 0 Å². The van der Waals surface area contributed by atoms with Gasteiger partial charge in [0, 0.05) is 54.8 Å². The zero-order chi connectivity index (χ0) is 42.2. The highest BCUT2D eigenvalue weighted by molar-refractivity contribution is 6.45. The monoisotopic (exact) mass is 855 g/mol. The predicted octanol–water partition coefficient (Wildman–Crippen LogP) is 6.08. The summed E-state index contributed by atoms with van der Waals surface area (Å²) in [6.07, 6.45) is 12.2. The summed E-state index contributed by atoms with van der Waals surface area (Å²) >= 11 is 13.3. The summed E-state index contributed by atoms with van der Waals surface area (Å²) in [5.74, 6) is 0.0823. The van der Waals surface area contributed by atoms with Crippen LogP contribution in [0, 0.1) is 6.92 Å². The molecule has 0 unspecified atom stereocenters. The fourth-order valence-corrected chi connectivity index (χ4v) is 8.67. The Kier molecular flexibility index (Phi) is 12.0. The highest BCUT2D eigenvalue weighted by atomic mass is 35.5. The van der Waals surface area contributed by atoms with Crippen LogP contribution in [0.4, 0.5) is 11.6 Å². The average Bonchev–Trinajstić information content (AvgIpc) is 4.06. The molecule has 60 heavy (non-hydrogen) atoms. The first-order chi connectivity index (χ1) is 28.9. The van der Waals surface area contributed by atoms with Gasteiger partial charge in [-0.15, -0.1) is 0 Å². The van der Waals surface area contributed by atoms with Crippen molar-refractivity contribution in [2.24, 2.45) is 0 Å². The molecule has 16 heteroatoms. The van der Waals surface area contributed by atoms with Gasteiger partial charge < -0.3 is 34.1 Å². The first-order valence-electron chi connectivity index (χ1n) is 20.5. The Morgan fingerprint density at radius 3 is 2.22 bits per heavy atom. The molecule has 0 amide bonds. The first kappa shape index (κ1) is 41.5. The molecule has 0 bridgehead atoms. The molecule has 0 radical (unpaired) electrons. The Balaban J connectivity index is 1.14. The number of aromatic nitrogens is 6. The number of esters is 2. The summed E-state index contributed by atoms with van der Waals surface area (Å²) in [4.78, 5) is 44.6. The van der Waals surface area contributed by atoms with Gasteiger partial charge in [0.15, 0.2) is 12.1 Å². The zero-order valence-electron chi connectivity index (χ0n) is 34.0. The summed E-state index contributed by atoms with van der Waals surface area (Å²) in [7, 11) is 0. The van der Waals surface area contributed by atoms with Gasteiger partial charge in [-0.3, -0.25) is 0 Å². The molecule has 0 aliphatic carbocycles. The van der Waals surface area contributed by atoms with Crippen LogP contribution in [0.5, 0.6) is 0 Å². The number of hydrogen-bond donors (Lipinski definition) is 2. The Bertz CT molecular complexity index is 2550. The van der Waals surface area contributed by atoms with E-state index in [0.717, 1.165) is 51.6 Å². The smallest absolute Gasteiger partial charge is 0.331 e. The van der Waals surface area contributed by atoms with Gasteiger partial charge >= 0.3 is 11.9 Å². The third kappa shape index (κ3) is 8.01. The molecule has 2 aliphatic heterocycles. The Hall–Kier alpha value is -5.28. The van der Waals surface area contributed by atoms with Crippen molar-refractivity contribution in [3.8, 4) is 11.4 Å². The number of pyridine rings is 2. The quantitative estimate of drug-likeness (QED) is 0.0791. The number of aryl methyl sites for hydroxylation is 3.